The molecule has 1 aliphatic carbocycles. The first-order chi connectivity index (χ1) is 7.75. The third kappa shape index (κ3) is 2.99. The number of hydrogen-bond acceptors (Lipinski definition) is 2. The molecule has 1 aromatic carbocycles. The third-order valence-electron chi connectivity index (χ3n) is 3.68. The molecule has 2 N–H and O–H groups in total. The van der Waals surface area contributed by atoms with Crippen LogP contribution in [0.25, 0.3) is 0 Å². The molecule has 16 heavy (non-hydrogen) atoms. The molecule has 0 aromatic heterocycles. The van der Waals surface area contributed by atoms with Crippen LogP contribution in [0.15, 0.2) is 24.3 Å². The summed E-state index contributed by atoms with van der Waals surface area (Å²) in [7, 11) is 2.26. The van der Waals surface area contributed by atoms with Gasteiger partial charge in [-0.15, -0.1) is 0 Å². The van der Waals surface area contributed by atoms with Crippen LogP contribution >= 0.6 is 0 Å². The average Bonchev–Trinajstić information content (AvgIpc) is 2.81. The fourth-order valence-electron chi connectivity index (χ4n) is 2.52. The summed E-state index contributed by atoms with van der Waals surface area (Å²) in [5, 5.41) is 0. The Kier molecular flexibility index (Phi) is 3.83. The monoisotopic (exact) mass is 218 g/mol. The maximum atomic E-state index is 5.67. The molecule has 2 rings (SSSR count). The van der Waals surface area contributed by atoms with Crippen LogP contribution in [-0.2, 0) is 6.42 Å². The van der Waals surface area contributed by atoms with Crippen molar-refractivity contribution in [2.24, 2.45) is 0 Å². The SMILES string of the molecule is CN(CCc1ccc(N)cc1)C1CCCC1. The van der Waals surface area contributed by atoms with Gasteiger partial charge in [-0.3, -0.25) is 0 Å². The highest BCUT2D eigenvalue weighted by Crippen LogP contribution is 2.22. The Labute approximate surface area is 98.4 Å². The Balaban J connectivity index is 1.80. The first-order valence-corrected chi connectivity index (χ1v) is 6.30. The average molecular weight is 218 g/mol. The molecule has 0 heterocycles. The molecule has 1 saturated carbocycles. The van der Waals surface area contributed by atoms with E-state index in [2.05, 4.69) is 24.1 Å². The minimum Gasteiger partial charge on any atom is -0.399 e. The second-order valence-corrected chi connectivity index (χ2v) is 4.91. The van der Waals surface area contributed by atoms with Gasteiger partial charge in [-0.05, 0) is 44.0 Å². The van der Waals surface area contributed by atoms with Crippen molar-refractivity contribution in [2.75, 3.05) is 19.3 Å². The van der Waals surface area contributed by atoms with Crippen LogP contribution < -0.4 is 5.73 Å². The van der Waals surface area contributed by atoms with Gasteiger partial charge in [-0.1, -0.05) is 25.0 Å². The van der Waals surface area contributed by atoms with Crippen LogP contribution in [0.5, 0.6) is 0 Å². The fraction of sp³-hybridized carbons (Fsp3) is 0.571. The molecular weight excluding hydrogens is 196 g/mol. The van der Waals surface area contributed by atoms with Gasteiger partial charge in [-0.2, -0.15) is 0 Å². The lowest BCUT2D eigenvalue weighted by Gasteiger charge is -2.23. The largest absolute Gasteiger partial charge is 0.399 e. The van der Waals surface area contributed by atoms with Gasteiger partial charge < -0.3 is 10.6 Å². The topological polar surface area (TPSA) is 29.3 Å². The predicted molar refractivity (Wildman–Crippen MR) is 69.4 cm³/mol. The number of nitrogens with two attached hydrogens (primary N) is 1. The summed E-state index contributed by atoms with van der Waals surface area (Å²) in [6.07, 6.45) is 6.73. The van der Waals surface area contributed by atoms with E-state index in [0.29, 0.717) is 0 Å². The molecule has 2 heteroatoms. The van der Waals surface area contributed by atoms with Crippen LogP contribution in [0.3, 0.4) is 0 Å². The fourth-order valence-corrected chi connectivity index (χ4v) is 2.52. The summed E-state index contributed by atoms with van der Waals surface area (Å²) in [6, 6.07) is 9.08. The summed E-state index contributed by atoms with van der Waals surface area (Å²) in [4.78, 5) is 2.52. The molecular formula is C14H22N2. The minimum absolute atomic E-state index is 0.828. The highest BCUT2D eigenvalue weighted by atomic mass is 15.1. The molecule has 0 aliphatic heterocycles. The van der Waals surface area contributed by atoms with E-state index in [1.54, 1.807) is 0 Å². The van der Waals surface area contributed by atoms with Gasteiger partial charge in [0.2, 0.25) is 0 Å². The summed E-state index contributed by atoms with van der Waals surface area (Å²) in [5.41, 5.74) is 7.91. The molecule has 1 aliphatic rings. The van der Waals surface area contributed by atoms with E-state index in [9.17, 15) is 0 Å². The van der Waals surface area contributed by atoms with Gasteiger partial charge in [0.25, 0.3) is 0 Å². The summed E-state index contributed by atoms with van der Waals surface area (Å²) < 4.78 is 0. The molecule has 2 nitrogen and oxygen atoms in total. The van der Waals surface area contributed by atoms with Crippen molar-refractivity contribution in [3.63, 3.8) is 0 Å². The van der Waals surface area contributed by atoms with Crippen molar-refractivity contribution in [3.05, 3.63) is 29.8 Å². The minimum atomic E-state index is 0.828. The van der Waals surface area contributed by atoms with Crippen molar-refractivity contribution < 1.29 is 0 Å². The second kappa shape index (κ2) is 5.35. The molecule has 0 atom stereocenters. The molecule has 0 bridgehead atoms. The van der Waals surface area contributed by atoms with E-state index in [-0.39, 0.29) is 0 Å². The second-order valence-electron chi connectivity index (χ2n) is 4.91. The first-order valence-electron chi connectivity index (χ1n) is 6.30. The number of hydrogen-bond donors (Lipinski definition) is 1. The number of rotatable bonds is 4. The van der Waals surface area contributed by atoms with E-state index in [1.165, 1.54) is 31.2 Å². The Hall–Kier alpha value is -1.02. The quantitative estimate of drug-likeness (QED) is 0.787. The van der Waals surface area contributed by atoms with E-state index in [4.69, 9.17) is 5.73 Å². The molecule has 0 saturated heterocycles. The van der Waals surface area contributed by atoms with Crippen molar-refractivity contribution in [1.29, 1.82) is 0 Å². The van der Waals surface area contributed by atoms with Gasteiger partial charge in [0.1, 0.15) is 0 Å². The molecule has 0 spiro atoms. The van der Waals surface area contributed by atoms with E-state index in [1.807, 2.05) is 12.1 Å². The summed E-state index contributed by atoms with van der Waals surface area (Å²) in [5.74, 6) is 0. The predicted octanol–water partition coefficient (Wildman–Crippen LogP) is 2.69. The standard InChI is InChI=1S/C14H22N2/c1-16(14-4-2-3-5-14)11-10-12-6-8-13(15)9-7-12/h6-9,14H,2-5,10-11,15H2,1H3. The van der Waals surface area contributed by atoms with Gasteiger partial charge in [0.15, 0.2) is 0 Å². The highest BCUT2D eigenvalue weighted by Gasteiger charge is 2.18. The first kappa shape index (κ1) is 11.5. The lowest BCUT2D eigenvalue weighted by molar-refractivity contribution is 0.248. The number of nitrogens with zero attached hydrogens (tertiary/aromatic N) is 1. The van der Waals surface area contributed by atoms with Crippen LogP contribution in [-0.4, -0.2) is 24.5 Å². The Morgan fingerprint density at radius 2 is 1.81 bits per heavy atom. The van der Waals surface area contributed by atoms with Gasteiger partial charge >= 0.3 is 0 Å². The van der Waals surface area contributed by atoms with E-state index < -0.39 is 0 Å². The molecule has 1 fully saturated rings. The van der Waals surface area contributed by atoms with Gasteiger partial charge in [0.05, 0.1) is 0 Å². The molecule has 0 amide bonds. The van der Waals surface area contributed by atoms with Crippen LogP contribution in [0, 0.1) is 0 Å². The molecule has 0 radical (unpaired) electrons. The molecule has 88 valence electrons. The zero-order valence-electron chi connectivity index (χ0n) is 10.2. The maximum absolute atomic E-state index is 5.67. The normalized spacial score (nSPS) is 17.1. The van der Waals surface area contributed by atoms with Crippen molar-refractivity contribution >= 4 is 5.69 Å². The number of nitrogen functional groups attached to an aromatic ring is 1. The van der Waals surface area contributed by atoms with Gasteiger partial charge in [0, 0.05) is 18.3 Å². The van der Waals surface area contributed by atoms with Crippen LogP contribution in [0.4, 0.5) is 5.69 Å². The highest BCUT2D eigenvalue weighted by molar-refractivity contribution is 5.39. The number of likely N-dealkylation sites (N-methyl/N-ethyl adjacent to an activating group) is 1. The molecule has 0 unspecified atom stereocenters. The number of benzene rings is 1. The molecule has 1 aromatic rings. The van der Waals surface area contributed by atoms with Crippen molar-refractivity contribution in [3.8, 4) is 0 Å². The lowest BCUT2D eigenvalue weighted by Crippen LogP contribution is -2.30. The Morgan fingerprint density at radius 1 is 1.19 bits per heavy atom. The van der Waals surface area contributed by atoms with Crippen LogP contribution in [0.2, 0.25) is 0 Å². The van der Waals surface area contributed by atoms with E-state index in [0.717, 1.165) is 24.7 Å². The Bertz CT molecular complexity index is 312. The smallest absolute Gasteiger partial charge is 0.0314 e. The summed E-state index contributed by atoms with van der Waals surface area (Å²) in [6.45, 7) is 1.16. The number of anilines is 1. The zero-order chi connectivity index (χ0) is 11.4. The Morgan fingerprint density at radius 3 is 2.44 bits per heavy atom. The third-order valence-corrected chi connectivity index (χ3v) is 3.68. The zero-order valence-corrected chi connectivity index (χ0v) is 10.2. The summed E-state index contributed by atoms with van der Waals surface area (Å²) >= 11 is 0. The van der Waals surface area contributed by atoms with Crippen molar-refractivity contribution in [1.82, 2.24) is 4.90 Å². The maximum Gasteiger partial charge on any atom is 0.0314 e. The van der Waals surface area contributed by atoms with Gasteiger partial charge in [-0.25, -0.2) is 0 Å². The van der Waals surface area contributed by atoms with Crippen LogP contribution in [0.1, 0.15) is 31.2 Å². The van der Waals surface area contributed by atoms with Crippen molar-refractivity contribution in [2.45, 2.75) is 38.1 Å². The van der Waals surface area contributed by atoms with E-state index >= 15 is 0 Å². The lowest BCUT2D eigenvalue weighted by atomic mass is 10.1.